The topological polar surface area (TPSA) is 72.1 Å². The highest BCUT2D eigenvalue weighted by molar-refractivity contribution is 6.13. The highest BCUT2D eigenvalue weighted by Gasteiger charge is 2.16. The van der Waals surface area contributed by atoms with Crippen LogP contribution in [-0.4, -0.2) is 40.5 Å². The SMILES string of the molecule is C1=NCCCCN=Cc2c([nH]c3ccccc23)-c2ccc3[nH]c4ccc(cc4c3c2)-c2[nH]c3ccccc3c21. The van der Waals surface area contributed by atoms with E-state index in [1.807, 2.05) is 0 Å². The minimum atomic E-state index is 0.787. The van der Waals surface area contributed by atoms with Gasteiger partial charge in [0.25, 0.3) is 0 Å². The molecule has 5 nitrogen and oxygen atoms in total. The minimum absolute atomic E-state index is 0.787. The van der Waals surface area contributed by atoms with Crippen LogP contribution in [-0.2, 0) is 0 Å². The number of benzene rings is 4. The fourth-order valence-corrected chi connectivity index (χ4v) is 5.98. The van der Waals surface area contributed by atoms with E-state index < -0.39 is 0 Å². The summed E-state index contributed by atoms with van der Waals surface area (Å²) < 4.78 is 0. The first-order valence-corrected chi connectivity index (χ1v) is 13.6. The van der Waals surface area contributed by atoms with Gasteiger partial charge in [0.05, 0.1) is 11.4 Å². The third-order valence-corrected chi connectivity index (χ3v) is 7.93. The highest BCUT2D eigenvalue weighted by Crippen LogP contribution is 2.36. The molecule has 0 unspecified atom stereocenters. The Kier molecular flexibility index (Phi) is 5.02. The molecule has 1 aliphatic heterocycles. The largest absolute Gasteiger partial charge is 0.355 e. The average Bonchev–Trinajstić information content (AvgIpc) is 3.65. The second-order valence-corrected chi connectivity index (χ2v) is 10.3. The van der Waals surface area contributed by atoms with Crippen molar-refractivity contribution in [3.63, 3.8) is 0 Å². The molecule has 4 aromatic carbocycles. The molecule has 0 amide bonds. The van der Waals surface area contributed by atoms with Crippen LogP contribution in [0.4, 0.5) is 0 Å². The normalized spacial score (nSPS) is 14.1. The van der Waals surface area contributed by atoms with E-state index in [4.69, 9.17) is 9.98 Å². The van der Waals surface area contributed by atoms with Crippen molar-refractivity contribution in [2.45, 2.75) is 12.8 Å². The molecule has 39 heavy (non-hydrogen) atoms. The quantitative estimate of drug-likeness (QED) is 0.186. The number of nitrogens with zero attached hydrogens (tertiary/aromatic N) is 2. The highest BCUT2D eigenvalue weighted by atomic mass is 14.8. The predicted octanol–water partition coefficient (Wildman–Crippen LogP) is 8.25. The van der Waals surface area contributed by atoms with Crippen molar-refractivity contribution >= 4 is 56.0 Å². The molecule has 7 aromatic rings. The van der Waals surface area contributed by atoms with Gasteiger partial charge in [-0.1, -0.05) is 48.5 Å². The van der Waals surface area contributed by atoms with Gasteiger partial charge < -0.3 is 15.0 Å². The van der Waals surface area contributed by atoms with Crippen molar-refractivity contribution in [3.05, 3.63) is 96.1 Å². The molecule has 4 bridgehead atoms. The number of para-hydroxylation sites is 2. The molecule has 3 N–H and O–H groups in total. The molecule has 0 saturated heterocycles. The molecule has 0 radical (unpaired) electrons. The number of aromatic amines is 3. The maximum atomic E-state index is 4.84. The van der Waals surface area contributed by atoms with Gasteiger partial charge >= 0.3 is 0 Å². The van der Waals surface area contributed by atoms with Gasteiger partial charge in [-0.25, -0.2) is 0 Å². The monoisotopic (exact) mass is 505 g/mol. The van der Waals surface area contributed by atoms with Crippen LogP contribution in [0.2, 0.25) is 0 Å². The average molecular weight is 506 g/mol. The summed E-state index contributed by atoms with van der Waals surface area (Å²) in [6.07, 6.45) is 6.11. The van der Waals surface area contributed by atoms with E-state index in [2.05, 4.69) is 112 Å². The van der Waals surface area contributed by atoms with Gasteiger partial charge in [0, 0.05) is 80.3 Å². The molecule has 4 heterocycles. The van der Waals surface area contributed by atoms with E-state index >= 15 is 0 Å². The lowest BCUT2D eigenvalue weighted by atomic mass is 10.0. The maximum Gasteiger partial charge on any atom is 0.0554 e. The minimum Gasteiger partial charge on any atom is -0.355 e. The molecule has 3 aromatic heterocycles. The van der Waals surface area contributed by atoms with Crippen LogP contribution in [0.5, 0.6) is 0 Å². The first kappa shape index (κ1) is 22.1. The number of H-pyrrole nitrogens is 3. The van der Waals surface area contributed by atoms with Gasteiger partial charge in [-0.15, -0.1) is 0 Å². The van der Waals surface area contributed by atoms with E-state index in [-0.39, 0.29) is 0 Å². The van der Waals surface area contributed by atoms with E-state index in [1.54, 1.807) is 0 Å². The van der Waals surface area contributed by atoms with Gasteiger partial charge in [-0.2, -0.15) is 0 Å². The molecule has 0 spiro atoms. The molecule has 1 aliphatic rings. The number of nitrogens with one attached hydrogen (secondary N) is 3. The molecular weight excluding hydrogens is 478 g/mol. The van der Waals surface area contributed by atoms with Crippen molar-refractivity contribution in [2.24, 2.45) is 9.98 Å². The van der Waals surface area contributed by atoms with E-state index in [9.17, 15) is 0 Å². The van der Waals surface area contributed by atoms with Crippen molar-refractivity contribution in [2.75, 3.05) is 13.1 Å². The molecule has 8 rings (SSSR count). The van der Waals surface area contributed by atoms with Crippen LogP contribution < -0.4 is 0 Å². The van der Waals surface area contributed by atoms with Crippen molar-refractivity contribution in [1.82, 2.24) is 15.0 Å². The first-order chi connectivity index (χ1) is 19.3. The van der Waals surface area contributed by atoms with E-state index in [0.29, 0.717) is 0 Å². The Morgan fingerprint density at radius 2 is 0.923 bits per heavy atom. The summed E-state index contributed by atoms with van der Waals surface area (Å²) in [4.78, 5) is 20.7. The number of aliphatic imine (C=N–C) groups is 2. The van der Waals surface area contributed by atoms with Crippen molar-refractivity contribution in [3.8, 4) is 22.5 Å². The van der Waals surface area contributed by atoms with E-state index in [1.165, 1.54) is 21.5 Å². The molecular formula is C34H27N5. The van der Waals surface area contributed by atoms with Crippen molar-refractivity contribution in [1.29, 1.82) is 0 Å². The van der Waals surface area contributed by atoms with Gasteiger partial charge in [0.1, 0.15) is 0 Å². The Bertz CT molecular complexity index is 1930. The van der Waals surface area contributed by atoms with Crippen LogP contribution in [0.3, 0.4) is 0 Å². The summed E-state index contributed by atoms with van der Waals surface area (Å²) in [5.74, 6) is 0. The second-order valence-electron chi connectivity index (χ2n) is 10.3. The summed E-state index contributed by atoms with van der Waals surface area (Å²) in [6, 6.07) is 30.3. The fourth-order valence-electron chi connectivity index (χ4n) is 5.98. The molecule has 188 valence electrons. The summed E-state index contributed by atoms with van der Waals surface area (Å²) in [5, 5.41) is 4.81. The lowest BCUT2D eigenvalue weighted by Crippen LogP contribution is -1.91. The number of aromatic nitrogens is 3. The third-order valence-electron chi connectivity index (χ3n) is 7.93. The van der Waals surface area contributed by atoms with Crippen LogP contribution in [0.1, 0.15) is 24.0 Å². The van der Waals surface area contributed by atoms with Crippen LogP contribution in [0.15, 0.2) is 94.9 Å². The number of hydrogen-bond acceptors (Lipinski definition) is 2. The Hall–Kier alpha value is -4.90. The lowest BCUT2D eigenvalue weighted by Gasteiger charge is -2.05. The molecule has 5 heteroatoms. The second kappa shape index (κ2) is 8.84. The molecule has 0 aliphatic carbocycles. The summed E-state index contributed by atoms with van der Waals surface area (Å²) >= 11 is 0. The standard InChI is InChI=1S/C34H27N5/c1-3-9-29-23(7-1)27-19-35-15-5-6-16-36-20-28-24-8-2-4-10-30(24)39-34(28)22-12-14-32-26(18-22)25-17-21(33(27)38-29)11-13-31(25)37-32/h1-4,7-14,17-20,37-39H,5-6,15-16H2. The Labute approximate surface area is 225 Å². The number of hydrogen-bond donors (Lipinski definition) is 3. The zero-order valence-corrected chi connectivity index (χ0v) is 21.5. The summed E-state index contributed by atoms with van der Waals surface area (Å²) in [5.41, 5.74) is 11.3. The molecule has 0 fully saturated rings. The third kappa shape index (κ3) is 3.62. The summed E-state index contributed by atoms with van der Waals surface area (Å²) in [7, 11) is 0. The fraction of sp³-hybridized carbons (Fsp3) is 0.118. The van der Waals surface area contributed by atoms with Crippen LogP contribution in [0, 0.1) is 0 Å². The molecule has 0 saturated carbocycles. The van der Waals surface area contributed by atoms with Crippen LogP contribution in [0.25, 0.3) is 66.1 Å². The maximum absolute atomic E-state index is 4.84. The van der Waals surface area contributed by atoms with Gasteiger partial charge in [-0.05, 0) is 60.4 Å². The first-order valence-electron chi connectivity index (χ1n) is 13.6. The zero-order chi connectivity index (χ0) is 25.8. The predicted molar refractivity (Wildman–Crippen MR) is 165 cm³/mol. The Morgan fingerprint density at radius 1 is 0.462 bits per heavy atom. The van der Waals surface area contributed by atoms with Gasteiger partial charge in [0.2, 0.25) is 0 Å². The van der Waals surface area contributed by atoms with Crippen molar-refractivity contribution < 1.29 is 0 Å². The number of rotatable bonds is 0. The Balaban J connectivity index is 1.39. The lowest BCUT2D eigenvalue weighted by molar-refractivity contribution is 0.760. The number of fused-ring (bicyclic) bond motifs is 10. The van der Waals surface area contributed by atoms with Gasteiger partial charge in [0.15, 0.2) is 0 Å². The molecule has 0 atom stereocenters. The van der Waals surface area contributed by atoms with Gasteiger partial charge in [-0.3, -0.25) is 9.98 Å². The zero-order valence-electron chi connectivity index (χ0n) is 21.5. The summed E-state index contributed by atoms with van der Waals surface area (Å²) in [6.45, 7) is 1.57. The Morgan fingerprint density at radius 3 is 1.44 bits per heavy atom. The smallest absolute Gasteiger partial charge is 0.0554 e. The van der Waals surface area contributed by atoms with Crippen LogP contribution >= 0.6 is 0 Å². The van der Waals surface area contributed by atoms with E-state index in [0.717, 1.165) is 81.6 Å².